The third kappa shape index (κ3) is 11.8. The second-order valence-corrected chi connectivity index (χ2v) is 2.71. The average molecular weight is 207 g/mol. The molecule has 14 heavy (non-hydrogen) atoms. The molecule has 0 saturated carbocycles. The van der Waals surface area contributed by atoms with Crippen molar-refractivity contribution in [3.05, 3.63) is 0 Å². The van der Waals surface area contributed by atoms with E-state index in [1.807, 2.05) is 0 Å². The fraction of sp³-hybridized carbons (Fsp3) is 1.00. The Labute approximate surface area is 85.4 Å². The summed E-state index contributed by atoms with van der Waals surface area (Å²) >= 11 is 0. The van der Waals surface area contributed by atoms with Crippen molar-refractivity contribution in [1.82, 2.24) is 0 Å². The summed E-state index contributed by atoms with van der Waals surface area (Å²) in [6, 6.07) is 0. The zero-order valence-electron chi connectivity index (χ0n) is 8.87. The summed E-state index contributed by atoms with van der Waals surface area (Å²) in [7, 11) is 0. The van der Waals surface area contributed by atoms with Crippen molar-refractivity contribution in [3.8, 4) is 0 Å². The molecule has 0 amide bonds. The Morgan fingerprint density at radius 1 is 0.714 bits per heavy atom. The number of hydrogen-bond acceptors (Lipinski definition) is 5. The quantitative estimate of drug-likeness (QED) is 0.391. The molecule has 5 heteroatoms. The van der Waals surface area contributed by atoms with Gasteiger partial charge in [-0.15, -0.1) is 0 Å². The summed E-state index contributed by atoms with van der Waals surface area (Å²) in [5, 5.41) is 0. The van der Waals surface area contributed by atoms with E-state index in [0.29, 0.717) is 39.6 Å². The van der Waals surface area contributed by atoms with Gasteiger partial charge in [0, 0.05) is 6.61 Å². The van der Waals surface area contributed by atoms with E-state index in [0.717, 1.165) is 13.0 Å². The van der Waals surface area contributed by atoms with Gasteiger partial charge in [0.15, 0.2) is 0 Å². The Morgan fingerprint density at radius 2 is 1.14 bits per heavy atom. The first-order valence-electron chi connectivity index (χ1n) is 4.96. The average Bonchev–Trinajstić information content (AvgIpc) is 2.21. The van der Waals surface area contributed by atoms with Gasteiger partial charge in [0.2, 0.25) is 0 Å². The molecule has 0 aliphatic carbocycles. The highest BCUT2D eigenvalue weighted by Gasteiger charge is 1.90. The van der Waals surface area contributed by atoms with Crippen LogP contribution >= 0.6 is 0 Å². The summed E-state index contributed by atoms with van der Waals surface area (Å²) < 4.78 is 15.6. The Hall–Kier alpha value is -0.200. The molecule has 0 aliphatic heterocycles. The highest BCUT2D eigenvalue weighted by Crippen LogP contribution is 1.83. The Balaban J connectivity index is 2.78. The van der Waals surface area contributed by atoms with Crippen LogP contribution in [-0.2, 0) is 19.0 Å². The van der Waals surface area contributed by atoms with Gasteiger partial charge in [-0.25, -0.2) is 5.90 Å². The lowest BCUT2D eigenvalue weighted by Gasteiger charge is -2.05. The minimum atomic E-state index is 0.416. The highest BCUT2D eigenvalue weighted by atomic mass is 16.6. The normalized spacial score (nSPS) is 10.7. The van der Waals surface area contributed by atoms with E-state index in [1.165, 1.54) is 0 Å². The molecule has 0 aromatic rings. The maximum atomic E-state index is 5.24. The largest absolute Gasteiger partial charge is 0.379 e. The van der Waals surface area contributed by atoms with Crippen LogP contribution in [0, 0.1) is 0 Å². The van der Waals surface area contributed by atoms with E-state index in [4.69, 9.17) is 20.1 Å². The first kappa shape index (κ1) is 13.8. The lowest BCUT2D eigenvalue weighted by atomic mass is 10.5. The molecule has 86 valence electrons. The van der Waals surface area contributed by atoms with Crippen LogP contribution in [0.2, 0.25) is 0 Å². The number of rotatable bonds is 11. The number of nitrogens with two attached hydrogens (primary N) is 1. The van der Waals surface area contributed by atoms with Gasteiger partial charge >= 0.3 is 0 Å². The molecule has 0 aromatic heterocycles. The molecule has 0 spiro atoms. The molecule has 0 unspecified atom stereocenters. The minimum Gasteiger partial charge on any atom is -0.379 e. The molecule has 0 aliphatic rings. The lowest BCUT2D eigenvalue weighted by Crippen LogP contribution is -2.13. The molecule has 0 radical (unpaired) electrons. The fourth-order valence-corrected chi connectivity index (χ4v) is 0.793. The van der Waals surface area contributed by atoms with Gasteiger partial charge in [0.1, 0.15) is 0 Å². The molecular formula is C9H21NO4. The summed E-state index contributed by atoms with van der Waals surface area (Å²) in [6.07, 6.45) is 1.04. The van der Waals surface area contributed by atoms with Crippen molar-refractivity contribution in [2.45, 2.75) is 13.3 Å². The summed E-state index contributed by atoms with van der Waals surface area (Å²) in [5.41, 5.74) is 0. The van der Waals surface area contributed by atoms with Crippen LogP contribution in [0.25, 0.3) is 0 Å². The first-order valence-corrected chi connectivity index (χ1v) is 4.96. The molecule has 0 heterocycles. The lowest BCUT2D eigenvalue weighted by molar-refractivity contribution is -0.00194. The number of ether oxygens (including phenoxy) is 3. The van der Waals surface area contributed by atoms with Crippen LogP contribution in [0.5, 0.6) is 0 Å². The topological polar surface area (TPSA) is 62.9 Å². The standard InChI is InChI=1S/C9H21NO4/c1-2-3-11-4-5-12-6-7-13-8-9-14-10/h2-10H2,1H3. The summed E-state index contributed by atoms with van der Waals surface area (Å²) in [5.74, 6) is 4.81. The van der Waals surface area contributed by atoms with Crippen molar-refractivity contribution in [2.24, 2.45) is 5.90 Å². The molecule has 2 N–H and O–H groups in total. The van der Waals surface area contributed by atoms with Crippen LogP contribution < -0.4 is 5.90 Å². The van der Waals surface area contributed by atoms with Gasteiger partial charge in [-0.05, 0) is 6.42 Å². The van der Waals surface area contributed by atoms with Crippen molar-refractivity contribution in [1.29, 1.82) is 0 Å². The summed E-state index contributed by atoms with van der Waals surface area (Å²) in [6.45, 7) is 6.22. The molecular weight excluding hydrogens is 186 g/mol. The molecule has 0 rings (SSSR count). The van der Waals surface area contributed by atoms with Gasteiger partial charge in [-0.3, -0.25) is 0 Å². The van der Waals surface area contributed by atoms with E-state index in [2.05, 4.69) is 11.8 Å². The van der Waals surface area contributed by atoms with Crippen LogP contribution in [0.4, 0.5) is 0 Å². The van der Waals surface area contributed by atoms with E-state index < -0.39 is 0 Å². The summed E-state index contributed by atoms with van der Waals surface area (Å²) in [4.78, 5) is 4.33. The maximum absolute atomic E-state index is 5.24. The van der Waals surface area contributed by atoms with Crippen molar-refractivity contribution < 1.29 is 19.0 Å². The van der Waals surface area contributed by atoms with Crippen molar-refractivity contribution in [3.63, 3.8) is 0 Å². The van der Waals surface area contributed by atoms with Gasteiger partial charge in [-0.2, -0.15) is 0 Å². The SMILES string of the molecule is CCCOCCOCCOCCON. The smallest absolute Gasteiger partial charge is 0.0913 e. The van der Waals surface area contributed by atoms with E-state index in [-0.39, 0.29) is 0 Å². The van der Waals surface area contributed by atoms with E-state index in [1.54, 1.807) is 0 Å². The van der Waals surface area contributed by atoms with Crippen LogP contribution in [0.15, 0.2) is 0 Å². The minimum absolute atomic E-state index is 0.416. The van der Waals surface area contributed by atoms with E-state index >= 15 is 0 Å². The second kappa shape index (κ2) is 12.8. The zero-order chi connectivity index (χ0) is 10.5. The van der Waals surface area contributed by atoms with Crippen molar-refractivity contribution >= 4 is 0 Å². The van der Waals surface area contributed by atoms with Gasteiger partial charge in [0.25, 0.3) is 0 Å². The predicted octanol–water partition coefficient (Wildman–Crippen LogP) is 0.337. The zero-order valence-corrected chi connectivity index (χ0v) is 8.87. The fourth-order valence-electron chi connectivity index (χ4n) is 0.793. The van der Waals surface area contributed by atoms with E-state index in [9.17, 15) is 0 Å². The molecule has 5 nitrogen and oxygen atoms in total. The van der Waals surface area contributed by atoms with Crippen molar-refractivity contribution in [2.75, 3.05) is 46.2 Å². The first-order chi connectivity index (χ1) is 6.91. The van der Waals surface area contributed by atoms with Gasteiger partial charge in [0.05, 0.1) is 39.6 Å². The van der Waals surface area contributed by atoms with Crippen LogP contribution in [0.3, 0.4) is 0 Å². The number of hydrogen-bond donors (Lipinski definition) is 1. The monoisotopic (exact) mass is 207 g/mol. The molecule has 0 saturated heterocycles. The third-order valence-electron chi connectivity index (χ3n) is 1.44. The molecule has 0 aromatic carbocycles. The Bertz CT molecular complexity index is 90.8. The predicted molar refractivity (Wildman–Crippen MR) is 52.9 cm³/mol. The Morgan fingerprint density at radius 3 is 1.57 bits per heavy atom. The second-order valence-electron chi connectivity index (χ2n) is 2.71. The highest BCUT2D eigenvalue weighted by molar-refractivity contribution is 4.33. The third-order valence-corrected chi connectivity index (χ3v) is 1.44. The molecule has 0 bridgehead atoms. The van der Waals surface area contributed by atoms with Gasteiger partial charge in [-0.1, -0.05) is 6.92 Å². The maximum Gasteiger partial charge on any atom is 0.0913 e. The molecule has 0 fully saturated rings. The van der Waals surface area contributed by atoms with Crippen LogP contribution in [-0.4, -0.2) is 46.2 Å². The molecule has 0 atom stereocenters. The Kier molecular flexibility index (Phi) is 12.6. The van der Waals surface area contributed by atoms with Crippen LogP contribution in [0.1, 0.15) is 13.3 Å². The van der Waals surface area contributed by atoms with Gasteiger partial charge < -0.3 is 19.0 Å².